The van der Waals surface area contributed by atoms with E-state index in [-0.39, 0.29) is 37.9 Å². The van der Waals surface area contributed by atoms with Crippen LogP contribution >= 0.6 is 0 Å². The first-order valence-electron chi connectivity index (χ1n) is 6.62. The van der Waals surface area contributed by atoms with Crippen molar-refractivity contribution in [2.24, 2.45) is 11.8 Å². The molecule has 2 unspecified atom stereocenters. The van der Waals surface area contributed by atoms with E-state index >= 15 is 0 Å². The maximum Gasteiger partial charge on any atom is 0.306 e. The van der Waals surface area contributed by atoms with Gasteiger partial charge < -0.3 is 18.9 Å². The van der Waals surface area contributed by atoms with Crippen molar-refractivity contribution in [3.05, 3.63) is 24.7 Å². The lowest BCUT2D eigenvalue weighted by molar-refractivity contribution is -0.151. The van der Waals surface area contributed by atoms with Crippen LogP contribution in [0, 0.1) is 11.8 Å². The molecule has 0 aromatic heterocycles. The van der Waals surface area contributed by atoms with Gasteiger partial charge in [-0.2, -0.15) is 0 Å². The van der Waals surface area contributed by atoms with Gasteiger partial charge in [-0.05, 0) is 12.2 Å². The number of hydrogen-bond donors (Lipinski definition) is 0. The molecule has 2 heterocycles. The van der Waals surface area contributed by atoms with Crippen molar-refractivity contribution in [3.63, 3.8) is 0 Å². The summed E-state index contributed by atoms with van der Waals surface area (Å²) in [5.41, 5.74) is 0. The van der Waals surface area contributed by atoms with Crippen LogP contribution in [0.3, 0.4) is 0 Å². The van der Waals surface area contributed by atoms with E-state index in [4.69, 9.17) is 18.9 Å². The molecule has 6 heteroatoms. The molecule has 20 heavy (non-hydrogen) atoms. The minimum atomic E-state index is -0.397. The second kappa shape index (κ2) is 7.57. The molecule has 0 saturated heterocycles. The highest BCUT2D eigenvalue weighted by Gasteiger charge is 2.16. The number of carbonyl (C=O) groups is 2. The Morgan fingerprint density at radius 3 is 1.70 bits per heavy atom. The number of esters is 2. The topological polar surface area (TPSA) is 71.1 Å². The van der Waals surface area contributed by atoms with Crippen LogP contribution in [0.25, 0.3) is 0 Å². The van der Waals surface area contributed by atoms with Crippen molar-refractivity contribution >= 4 is 11.9 Å². The molecule has 2 aliphatic rings. The number of hydrogen-bond acceptors (Lipinski definition) is 6. The van der Waals surface area contributed by atoms with Gasteiger partial charge in [0.25, 0.3) is 0 Å². The third-order valence-corrected chi connectivity index (χ3v) is 2.96. The van der Waals surface area contributed by atoms with Gasteiger partial charge in [0, 0.05) is 11.8 Å². The zero-order valence-electron chi connectivity index (χ0n) is 11.2. The summed E-state index contributed by atoms with van der Waals surface area (Å²) in [6.07, 6.45) is 6.95. The standard InChI is InChI=1S/C14H18O6/c15-13(19-9-11-3-5-17-7-11)1-2-14(16)20-10-12-4-6-18-8-12/h3-6,11-12H,1-2,7-10H2. The number of rotatable bonds is 7. The Morgan fingerprint density at radius 1 is 0.900 bits per heavy atom. The summed E-state index contributed by atoms with van der Waals surface area (Å²) < 4.78 is 20.1. The molecule has 2 aliphatic heterocycles. The van der Waals surface area contributed by atoms with Gasteiger partial charge in [0.05, 0.1) is 38.6 Å². The van der Waals surface area contributed by atoms with Gasteiger partial charge in [-0.1, -0.05) is 0 Å². The van der Waals surface area contributed by atoms with E-state index in [9.17, 15) is 9.59 Å². The van der Waals surface area contributed by atoms with Gasteiger partial charge in [-0.25, -0.2) is 0 Å². The average molecular weight is 282 g/mol. The Labute approximate surface area is 117 Å². The minimum absolute atomic E-state index is 0.0349. The van der Waals surface area contributed by atoms with Gasteiger partial charge >= 0.3 is 11.9 Å². The highest BCUT2D eigenvalue weighted by Crippen LogP contribution is 2.10. The largest absolute Gasteiger partial charge is 0.501 e. The molecular weight excluding hydrogens is 264 g/mol. The Balaban J connectivity index is 1.52. The highest BCUT2D eigenvalue weighted by atomic mass is 16.5. The van der Waals surface area contributed by atoms with E-state index < -0.39 is 11.9 Å². The molecule has 6 nitrogen and oxygen atoms in total. The maximum absolute atomic E-state index is 11.4. The second-order valence-electron chi connectivity index (χ2n) is 4.71. The van der Waals surface area contributed by atoms with Crippen molar-refractivity contribution in [2.75, 3.05) is 26.4 Å². The van der Waals surface area contributed by atoms with Gasteiger partial charge in [-0.3, -0.25) is 9.59 Å². The van der Waals surface area contributed by atoms with Crippen LogP contribution in [-0.4, -0.2) is 38.4 Å². The Hall–Kier alpha value is -1.98. The van der Waals surface area contributed by atoms with Crippen LogP contribution in [0.2, 0.25) is 0 Å². The lowest BCUT2D eigenvalue weighted by Gasteiger charge is -2.09. The highest BCUT2D eigenvalue weighted by molar-refractivity contribution is 5.77. The van der Waals surface area contributed by atoms with E-state index in [2.05, 4.69) is 0 Å². The SMILES string of the molecule is O=C(CCC(=O)OCC1C=COC1)OCC1C=COC1. The molecule has 2 atom stereocenters. The molecule has 2 rings (SSSR count). The lowest BCUT2D eigenvalue weighted by Crippen LogP contribution is -2.17. The molecule has 0 aliphatic carbocycles. The molecule has 0 fully saturated rings. The fourth-order valence-electron chi connectivity index (χ4n) is 1.76. The van der Waals surface area contributed by atoms with Crippen LogP contribution in [0.4, 0.5) is 0 Å². The van der Waals surface area contributed by atoms with E-state index in [1.165, 1.54) is 0 Å². The van der Waals surface area contributed by atoms with Gasteiger partial charge in [0.1, 0.15) is 13.2 Å². The van der Waals surface area contributed by atoms with Crippen LogP contribution in [-0.2, 0) is 28.5 Å². The first kappa shape index (κ1) is 14.4. The van der Waals surface area contributed by atoms with Crippen molar-refractivity contribution in [3.8, 4) is 0 Å². The molecule has 0 bridgehead atoms. The summed E-state index contributed by atoms with van der Waals surface area (Å²) in [4.78, 5) is 22.9. The minimum Gasteiger partial charge on any atom is -0.501 e. The zero-order valence-corrected chi connectivity index (χ0v) is 11.2. The van der Waals surface area contributed by atoms with E-state index in [1.54, 1.807) is 12.5 Å². The maximum atomic E-state index is 11.4. The molecule has 0 aromatic carbocycles. The summed E-state index contributed by atoms with van der Waals surface area (Å²) in [5.74, 6) is -0.571. The van der Waals surface area contributed by atoms with Crippen LogP contribution in [0.1, 0.15) is 12.8 Å². The Kier molecular flexibility index (Phi) is 5.46. The normalized spacial score (nSPS) is 23.2. The molecule has 0 aromatic rings. The van der Waals surface area contributed by atoms with Gasteiger partial charge in [-0.15, -0.1) is 0 Å². The lowest BCUT2D eigenvalue weighted by atomic mass is 10.2. The number of ether oxygens (including phenoxy) is 4. The average Bonchev–Trinajstić information content (AvgIpc) is 3.13. The molecule has 0 radical (unpaired) electrons. The number of carbonyl (C=O) groups excluding carboxylic acids is 2. The van der Waals surface area contributed by atoms with E-state index in [0.29, 0.717) is 13.2 Å². The second-order valence-corrected chi connectivity index (χ2v) is 4.71. The van der Waals surface area contributed by atoms with Crippen LogP contribution in [0.5, 0.6) is 0 Å². The van der Waals surface area contributed by atoms with Gasteiger partial charge in [0.2, 0.25) is 0 Å². The molecule has 110 valence electrons. The molecule has 0 amide bonds. The van der Waals surface area contributed by atoms with Crippen LogP contribution in [0.15, 0.2) is 24.7 Å². The van der Waals surface area contributed by atoms with E-state index in [1.807, 2.05) is 12.2 Å². The summed E-state index contributed by atoms with van der Waals surface area (Å²) in [5, 5.41) is 0. The Bertz CT molecular complexity index is 362. The first-order chi connectivity index (χ1) is 9.74. The molecule has 0 spiro atoms. The molecule has 0 N–H and O–H groups in total. The summed E-state index contributed by atoms with van der Waals surface area (Å²) in [7, 11) is 0. The van der Waals surface area contributed by atoms with Crippen LogP contribution < -0.4 is 0 Å². The van der Waals surface area contributed by atoms with Crippen molar-refractivity contribution in [2.45, 2.75) is 12.8 Å². The zero-order chi connectivity index (χ0) is 14.2. The third kappa shape index (κ3) is 4.95. The van der Waals surface area contributed by atoms with Crippen molar-refractivity contribution in [1.29, 1.82) is 0 Å². The fraction of sp³-hybridized carbons (Fsp3) is 0.571. The predicted molar refractivity (Wildman–Crippen MR) is 68.3 cm³/mol. The molecular formula is C14H18O6. The quantitative estimate of drug-likeness (QED) is 0.653. The first-order valence-corrected chi connectivity index (χ1v) is 6.62. The Morgan fingerprint density at radius 2 is 1.35 bits per heavy atom. The van der Waals surface area contributed by atoms with Crippen molar-refractivity contribution < 1.29 is 28.5 Å². The monoisotopic (exact) mass is 282 g/mol. The third-order valence-electron chi connectivity index (χ3n) is 2.96. The molecule has 0 saturated carbocycles. The fourth-order valence-corrected chi connectivity index (χ4v) is 1.76. The summed E-state index contributed by atoms with van der Waals surface area (Å²) in [6, 6.07) is 0. The van der Waals surface area contributed by atoms with Crippen molar-refractivity contribution in [1.82, 2.24) is 0 Å². The van der Waals surface area contributed by atoms with E-state index in [0.717, 1.165) is 0 Å². The smallest absolute Gasteiger partial charge is 0.306 e. The van der Waals surface area contributed by atoms with Gasteiger partial charge in [0.15, 0.2) is 0 Å². The summed E-state index contributed by atoms with van der Waals surface area (Å²) >= 11 is 0. The summed E-state index contributed by atoms with van der Waals surface area (Å²) in [6.45, 7) is 1.64. The predicted octanol–water partition coefficient (Wildman–Crippen LogP) is 1.17.